The maximum absolute atomic E-state index is 13.3. The molecule has 0 atom stereocenters. The Morgan fingerprint density at radius 3 is 2.65 bits per heavy atom. The van der Waals surface area contributed by atoms with E-state index in [-0.39, 0.29) is 5.02 Å². The Kier molecular flexibility index (Phi) is 3.48. The summed E-state index contributed by atoms with van der Waals surface area (Å²) in [5.74, 6) is 0.0899. The molecule has 2 nitrogen and oxygen atoms in total. The van der Waals surface area contributed by atoms with Crippen molar-refractivity contribution < 1.29 is 4.39 Å². The minimum Gasteiger partial charge on any atom is -0.397 e. The quantitative estimate of drug-likeness (QED) is 0.833. The molecule has 2 rings (SSSR count). The van der Waals surface area contributed by atoms with Gasteiger partial charge in [0.05, 0.1) is 16.4 Å². The molecule has 17 heavy (non-hydrogen) atoms. The Morgan fingerprint density at radius 2 is 2.12 bits per heavy atom. The summed E-state index contributed by atoms with van der Waals surface area (Å²) in [4.78, 5) is 2.26. The summed E-state index contributed by atoms with van der Waals surface area (Å²) in [6, 6.07) is 3.50. The third-order valence-electron chi connectivity index (χ3n) is 2.93. The number of hydrogen-bond acceptors (Lipinski definition) is 2. The van der Waals surface area contributed by atoms with Gasteiger partial charge in [-0.1, -0.05) is 25.4 Å². The molecule has 1 aromatic carbocycles. The molecule has 4 heteroatoms. The zero-order valence-electron chi connectivity index (χ0n) is 10.2. The summed E-state index contributed by atoms with van der Waals surface area (Å²) in [5.41, 5.74) is 7.23. The number of anilines is 2. The van der Waals surface area contributed by atoms with Crippen molar-refractivity contribution in [3.05, 3.63) is 23.0 Å². The molecule has 0 bridgehead atoms. The van der Waals surface area contributed by atoms with Crippen molar-refractivity contribution in [2.24, 2.45) is 5.92 Å². The summed E-state index contributed by atoms with van der Waals surface area (Å²) in [5, 5.41) is 0.142. The summed E-state index contributed by atoms with van der Waals surface area (Å²) in [7, 11) is 0. The second kappa shape index (κ2) is 4.73. The molecule has 0 saturated heterocycles. The summed E-state index contributed by atoms with van der Waals surface area (Å²) in [6.07, 6.45) is 2.36. The number of hydrogen-bond donors (Lipinski definition) is 1. The van der Waals surface area contributed by atoms with E-state index in [1.54, 1.807) is 6.07 Å². The first kappa shape index (κ1) is 12.5. The zero-order chi connectivity index (χ0) is 12.6. The molecule has 1 aliphatic rings. The monoisotopic (exact) mass is 256 g/mol. The van der Waals surface area contributed by atoms with Crippen molar-refractivity contribution in [2.45, 2.75) is 32.7 Å². The smallest absolute Gasteiger partial charge is 0.143 e. The maximum atomic E-state index is 13.3. The third-order valence-corrected chi connectivity index (χ3v) is 3.22. The molecule has 1 fully saturated rings. The van der Waals surface area contributed by atoms with Crippen LogP contribution in [0.2, 0.25) is 5.02 Å². The van der Waals surface area contributed by atoms with Gasteiger partial charge in [-0.15, -0.1) is 0 Å². The van der Waals surface area contributed by atoms with Gasteiger partial charge < -0.3 is 10.6 Å². The third kappa shape index (κ3) is 2.83. The fourth-order valence-electron chi connectivity index (χ4n) is 2.02. The molecule has 0 unspecified atom stereocenters. The molecular weight excluding hydrogens is 239 g/mol. The lowest BCUT2D eigenvalue weighted by Gasteiger charge is -2.28. The predicted molar refractivity (Wildman–Crippen MR) is 71.0 cm³/mol. The maximum Gasteiger partial charge on any atom is 0.143 e. The Hall–Kier alpha value is -0.960. The fourth-order valence-corrected chi connectivity index (χ4v) is 2.18. The fraction of sp³-hybridized carbons (Fsp3) is 0.538. The highest BCUT2D eigenvalue weighted by molar-refractivity contribution is 6.31. The standard InChI is InChI=1S/C13H18ClFN2/c1-8(2)7-17(9-3-4-9)13-5-10(14)11(15)6-12(13)16/h5-6,8-9H,3-4,7,16H2,1-2H3. The first-order valence-corrected chi connectivity index (χ1v) is 6.38. The number of nitrogens with zero attached hydrogens (tertiary/aromatic N) is 1. The molecule has 0 radical (unpaired) electrons. The Labute approximate surface area is 107 Å². The van der Waals surface area contributed by atoms with Crippen LogP contribution in [0, 0.1) is 11.7 Å². The van der Waals surface area contributed by atoms with Gasteiger partial charge in [0.25, 0.3) is 0 Å². The average Bonchev–Trinajstić information content (AvgIpc) is 3.04. The van der Waals surface area contributed by atoms with E-state index in [0.717, 1.165) is 12.2 Å². The molecular formula is C13H18ClFN2. The Bertz CT molecular complexity index is 416. The van der Waals surface area contributed by atoms with Gasteiger partial charge in [0.1, 0.15) is 5.82 Å². The van der Waals surface area contributed by atoms with Crippen LogP contribution < -0.4 is 10.6 Å². The summed E-state index contributed by atoms with van der Waals surface area (Å²) >= 11 is 5.83. The van der Waals surface area contributed by atoms with E-state index in [9.17, 15) is 4.39 Å². The van der Waals surface area contributed by atoms with Crippen molar-refractivity contribution in [2.75, 3.05) is 17.2 Å². The van der Waals surface area contributed by atoms with Crippen LogP contribution in [-0.4, -0.2) is 12.6 Å². The van der Waals surface area contributed by atoms with Crippen LogP contribution in [0.15, 0.2) is 12.1 Å². The SMILES string of the molecule is CC(C)CN(c1cc(Cl)c(F)cc1N)C1CC1. The van der Waals surface area contributed by atoms with E-state index < -0.39 is 5.82 Å². The normalized spacial score (nSPS) is 15.4. The number of benzene rings is 1. The molecule has 0 amide bonds. The van der Waals surface area contributed by atoms with E-state index in [4.69, 9.17) is 17.3 Å². The highest BCUT2D eigenvalue weighted by atomic mass is 35.5. The van der Waals surface area contributed by atoms with Crippen molar-refractivity contribution in [3.8, 4) is 0 Å². The van der Waals surface area contributed by atoms with Gasteiger partial charge in [-0.25, -0.2) is 4.39 Å². The zero-order valence-corrected chi connectivity index (χ0v) is 11.0. The molecule has 0 aliphatic heterocycles. The second-order valence-corrected chi connectivity index (χ2v) is 5.51. The number of rotatable bonds is 4. The van der Waals surface area contributed by atoms with Crippen molar-refractivity contribution in [1.29, 1.82) is 0 Å². The highest BCUT2D eigenvalue weighted by Gasteiger charge is 2.31. The molecule has 0 heterocycles. The van der Waals surface area contributed by atoms with E-state index in [2.05, 4.69) is 18.7 Å². The van der Waals surface area contributed by atoms with Gasteiger partial charge in [0.15, 0.2) is 0 Å². The Balaban J connectivity index is 2.31. The van der Waals surface area contributed by atoms with Crippen molar-refractivity contribution in [1.82, 2.24) is 0 Å². The van der Waals surface area contributed by atoms with Gasteiger partial charge in [-0.05, 0) is 24.8 Å². The molecule has 0 aromatic heterocycles. The molecule has 2 N–H and O–H groups in total. The first-order valence-electron chi connectivity index (χ1n) is 6.00. The van der Waals surface area contributed by atoms with E-state index in [1.165, 1.54) is 18.9 Å². The Morgan fingerprint density at radius 1 is 1.47 bits per heavy atom. The van der Waals surface area contributed by atoms with Crippen molar-refractivity contribution >= 4 is 23.0 Å². The average molecular weight is 257 g/mol. The number of nitrogens with two attached hydrogens (primary N) is 1. The molecule has 1 aromatic rings. The van der Waals surface area contributed by atoms with Crippen LogP contribution in [0.3, 0.4) is 0 Å². The first-order chi connectivity index (χ1) is 7.99. The van der Waals surface area contributed by atoms with Crippen LogP contribution in [0.1, 0.15) is 26.7 Å². The van der Waals surface area contributed by atoms with Gasteiger partial charge in [-0.2, -0.15) is 0 Å². The van der Waals surface area contributed by atoms with Gasteiger partial charge in [0, 0.05) is 18.7 Å². The lowest BCUT2D eigenvalue weighted by atomic mass is 10.1. The molecule has 94 valence electrons. The summed E-state index contributed by atoms with van der Waals surface area (Å²) < 4.78 is 13.3. The number of halogens is 2. The largest absolute Gasteiger partial charge is 0.397 e. The van der Waals surface area contributed by atoms with Gasteiger partial charge >= 0.3 is 0 Å². The van der Waals surface area contributed by atoms with Crippen LogP contribution in [-0.2, 0) is 0 Å². The van der Waals surface area contributed by atoms with Crippen LogP contribution >= 0.6 is 11.6 Å². The van der Waals surface area contributed by atoms with E-state index in [1.807, 2.05) is 0 Å². The van der Waals surface area contributed by atoms with Crippen molar-refractivity contribution in [3.63, 3.8) is 0 Å². The lowest BCUT2D eigenvalue weighted by molar-refractivity contribution is 0.605. The van der Waals surface area contributed by atoms with Crippen LogP contribution in [0.25, 0.3) is 0 Å². The van der Waals surface area contributed by atoms with Crippen LogP contribution in [0.5, 0.6) is 0 Å². The molecule has 1 saturated carbocycles. The number of nitrogen functional groups attached to an aromatic ring is 1. The van der Waals surface area contributed by atoms with E-state index in [0.29, 0.717) is 17.6 Å². The van der Waals surface area contributed by atoms with Crippen LogP contribution in [0.4, 0.5) is 15.8 Å². The molecule has 1 aliphatic carbocycles. The van der Waals surface area contributed by atoms with Gasteiger partial charge in [0.2, 0.25) is 0 Å². The predicted octanol–water partition coefficient (Wildman–Crippen LogP) is 3.69. The lowest BCUT2D eigenvalue weighted by Crippen LogP contribution is -2.30. The molecule has 0 spiro atoms. The topological polar surface area (TPSA) is 29.3 Å². The highest BCUT2D eigenvalue weighted by Crippen LogP contribution is 2.37. The second-order valence-electron chi connectivity index (χ2n) is 5.10. The minimum atomic E-state index is -0.451. The van der Waals surface area contributed by atoms with Gasteiger partial charge in [-0.3, -0.25) is 0 Å². The van der Waals surface area contributed by atoms with E-state index >= 15 is 0 Å². The summed E-state index contributed by atoms with van der Waals surface area (Å²) in [6.45, 7) is 5.25. The minimum absolute atomic E-state index is 0.142.